The number of hydrogen-bond acceptors (Lipinski definition) is 0. The molecule has 1 aromatic carbocycles. The van der Waals surface area contributed by atoms with Gasteiger partial charge in [-0.15, -0.1) is 0 Å². The molecule has 0 saturated heterocycles. The van der Waals surface area contributed by atoms with Gasteiger partial charge in [-0.2, -0.15) is 0 Å². The molecule has 25 heavy (non-hydrogen) atoms. The van der Waals surface area contributed by atoms with E-state index in [1.54, 1.807) is 0 Å². The molecule has 2 saturated carbocycles. The highest BCUT2D eigenvalue weighted by Crippen LogP contribution is 2.50. The van der Waals surface area contributed by atoms with E-state index in [2.05, 4.69) is 30.8 Å². The third-order valence-electron chi connectivity index (χ3n) is 6.37. The summed E-state index contributed by atoms with van der Waals surface area (Å²) in [5.41, 5.74) is 2.49. The van der Waals surface area contributed by atoms with Crippen molar-refractivity contribution in [3.05, 3.63) is 54.1 Å². The summed E-state index contributed by atoms with van der Waals surface area (Å²) in [6, 6.07) is 8.56. The molecule has 136 valence electrons. The molecule has 2 heteroatoms. The lowest BCUT2D eigenvalue weighted by atomic mass is 9.66. The summed E-state index contributed by atoms with van der Waals surface area (Å²) in [5.74, 6) is -2.10. The van der Waals surface area contributed by atoms with Gasteiger partial charge in [-0.05, 0) is 74.3 Å². The van der Waals surface area contributed by atoms with E-state index in [0.717, 1.165) is 37.7 Å². The van der Waals surface area contributed by atoms with Gasteiger partial charge < -0.3 is 0 Å². The second kappa shape index (κ2) is 7.85. The highest BCUT2D eigenvalue weighted by atomic mass is 19.3. The molecule has 0 amide bonds. The van der Waals surface area contributed by atoms with Gasteiger partial charge in [0.15, 0.2) is 0 Å². The van der Waals surface area contributed by atoms with Gasteiger partial charge in [-0.1, -0.05) is 49.1 Å². The van der Waals surface area contributed by atoms with Crippen LogP contribution < -0.4 is 0 Å². The third-order valence-corrected chi connectivity index (χ3v) is 6.37. The van der Waals surface area contributed by atoms with Crippen LogP contribution in [0.25, 0.3) is 6.08 Å². The van der Waals surface area contributed by atoms with E-state index >= 15 is 0 Å². The van der Waals surface area contributed by atoms with Crippen LogP contribution in [0.15, 0.2) is 43.0 Å². The van der Waals surface area contributed by atoms with Crippen LogP contribution in [0.3, 0.4) is 0 Å². The number of benzene rings is 1. The van der Waals surface area contributed by atoms with Crippen molar-refractivity contribution in [3.63, 3.8) is 0 Å². The standard InChI is InChI=1S/C23H30F2/c1-3-5-18-8-15-22(23(24,25)16-18)21-13-11-20(12-14-21)19-9-6-17(4-2)7-10-19/h3-7,9-10,18,20-22H,2,8,11-16H2,1H3/b5-3+. The van der Waals surface area contributed by atoms with Crippen LogP contribution in [-0.2, 0) is 0 Å². The monoisotopic (exact) mass is 344 g/mol. The van der Waals surface area contributed by atoms with E-state index in [4.69, 9.17) is 0 Å². The van der Waals surface area contributed by atoms with Crippen LogP contribution in [0.5, 0.6) is 0 Å². The largest absolute Gasteiger partial charge is 0.251 e. The van der Waals surface area contributed by atoms with Gasteiger partial charge in [0.25, 0.3) is 5.92 Å². The first-order valence-corrected chi connectivity index (χ1v) is 9.76. The molecule has 1 aromatic rings. The fraction of sp³-hybridized carbons (Fsp3) is 0.565. The molecular formula is C23H30F2. The zero-order valence-electron chi connectivity index (χ0n) is 15.3. The van der Waals surface area contributed by atoms with Crippen molar-refractivity contribution < 1.29 is 8.78 Å². The number of halogens is 2. The zero-order chi connectivity index (χ0) is 17.9. The quantitative estimate of drug-likeness (QED) is 0.505. The van der Waals surface area contributed by atoms with E-state index in [1.165, 1.54) is 5.56 Å². The number of hydrogen-bond donors (Lipinski definition) is 0. The van der Waals surface area contributed by atoms with Crippen LogP contribution in [-0.4, -0.2) is 5.92 Å². The molecular weight excluding hydrogens is 314 g/mol. The molecule has 2 atom stereocenters. The van der Waals surface area contributed by atoms with Crippen molar-refractivity contribution in [3.8, 4) is 0 Å². The highest BCUT2D eigenvalue weighted by molar-refractivity contribution is 5.47. The molecule has 3 rings (SSSR count). The summed E-state index contributed by atoms with van der Waals surface area (Å²) in [6.07, 6.45) is 11.4. The minimum absolute atomic E-state index is 0.0466. The van der Waals surface area contributed by atoms with Crippen LogP contribution >= 0.6 is 0 Å². The average Bonchev–Trinajstić information content (AvgIpc) is 2.62. The third kappa shape index (κ3) is 4.22. The average molecular weight is 344 g/mol. The van der Waals surface area contributed by atoms with E-state index in [1.807, 2.05) is 25.2 Å². The molecule has 0 aliphatic heterocycles. The van der Waals surface area contributed by atoms with Gasteiger partial charge in [0.05, 0.1) is 0 Å². The first-order chi connectivity index (χ1) is 12.0. The fourth-order valence-electron chi connectivity index (χ4n) is 4.98. The predicted octanol–water partition coefficient (Wildman–Crippen LogP) is 7.23. The minimum atomic E-state index is -2.49. The summed E-state index contributed by atoms with van der Waals surface area (Å²) < 4.78 is 29.4. The van der Waals surface area contributed by atoms with Crippen molar-refractivity contribution in [1.82, 2.24) is 0 Å². The molecule has 2 aliphatic rings. The van der Waals surface area contributed by atoms with Crippen LogP contribution in [0.1, 0.15) is 68.9 Å². The van der Waals surface area contributed by atoms with Crippen molar-refractivity contribution in [2.45, 2.75) is 63.7 Å². The van der Waals surface area contributed by atoms with Crippen molar-refractivity contribution >= 4 is 6.08 Å². The Kier molecular flexibility index (Phi) is 5.76. The summed E-state index contributed by atoms with van der Waals surface area (Å²) in [5, 5.41) is 0. The Morgan fingerprint density at radius 1 is 1.00 bits per heavy atom. The Morgan fingerprint density at radius 2 is 1.68 bits per heavy atom. The molecule has 2 fully saturated rings. The summed E-state index contributed by atoms with van der Waals surface area (Å²) in [6.45, 7) is 5.71. The zero-order valence-corrected chi connectivity index (χ0v) is 15.3. The van der Waals surface area contributed by atoms with E-state index in [0.29, 0.717) is 12.3 Å². The van der Waals surface area contributed by atoms with Gasteiger partial charge in [0.1, 0.15) is 0 Å². The Balaban J connectivity index is 1.59. The van der Waals surface area contributed by atoms with E-state index in [9.17, 15) is 8.78 Å². The van der Waals surface area contributed by atoms with Crippen LogP contribution in [0.4, 0.5) is 8.78 Å². The maximum absolute atomic E-state index is 14.7. The molecule has 0 N–H and O–H groups in total. The summed E-state index contributed by atoms with van der Waals surface area (Å²) in [4.78, 5) is 0. The topological polar surface area (TPSA) is 0 Å². The second-order valence-corrected chi connectivity index (χ2v) is 7.92. The summed E-state index contributed by atoms with van der Waals surface area (Å²) in [7, 11) is 0. The Labute approximate surface area is 151 Å². The lowest BCUT2D eigenvalue weighted by Gasteiger charge is -2.42. The van der Waals surface area contributed by atoms with Gasteiger partial charge >= 0.3 is 0 Å². The first-order valence-electron chi connectivity index (χ1n) is 9.76. The first kappa shape index (κ1) is 18.4. The SMILES string of the molecule is C=Cc1ccc(C2CCC(C3CCC(/C=C/C)CC3(F)F)CC2)cc1. The number of allylic oxidation sites excluding steroid dienone is 2. The van der Waals surface area contributed by atoms with E-state index < -0.39 is 11.8 Å². The number of rotatable bonds is 4. The lowest BCUT2D eigenvalue weighted by molar-refractivity contribution is -0.121. The smallest absolute Gasteiger partial charge is 0.207 e. The van der Waals surface area contributed by atoms with Gasteiger partial charge in [0.2, 0.25) is 0 Å². The maximum atomic E-state index is 14.7. The minimum Gasteiger partial charge on any atom is -0.207 e. The number of alkyl halides is 2. The summed E-state index contributed by atoms with van der Waals surface area (Å²) >= 11 is 0. The lowest BCUT2D eigenvalue weighted by Crippen LogP contribution is -2.40. The maximum Gasteiger partial charge on any atom is 0.251 e. The Hall–Kier alpha value is -1.44. The molecule has 0 spiro atoms. The van der Waals surface area contributed by atoms with Gasteiger partial charge in [-0.3, -0.25) is 0 Å². The second-order valence-electron chi connectivity index (χ2n) is 7.92. The molecule has 0 heterocycles. The normalized spacial score (nSPS) is 32.6. The van der Waals surface area contributed by atoms with E-state index in [-0.39, 0.29) is 18.3 Å². The van der Waals surface area contributed by atoms with Crippen molar-refractivity contribution in [1.29, 1.82) is 0 Å². The molecule has 0 aromatic heterocycles. The van der Waals surface area contributed by atoms with Crippen molar-refractivity contribution in [2.75, 3.05) is 0 Å². The Bertz CT molecular complexity index is 591. The predicted molar refractivity (Wildman–Crippen MR) is 102 cm³/mol. The van der Waals surface area contributed by atoms with Gasteiger partial charge in [0, 0.05) is 12.3 Å². The molecule has 2 unspecified atom stereocenters. The molecule has 2 aliphatic carbocycles. The molecule has 0 nitrogen and oxygen atoms in total. The van der Waals surface area contributed by atoms with Crippen LogP contribution in [0.2, 0.25) is 0 Å². The Morgan fingerprint density at radius 3 is 2.24 bits per heavy atom. The molecule has 0 bridgehead atoms. The fourth-order valence-corrected chi connectivity index (χ4v) is 4.98. The van der Waals surface area contributed by atoms with Crippen molar-refractivity contribution in [2.24, 2.45) is 17.8 Å². The van der Waals surface area contributed by atoms with Gasteiger partial charge in [-0.25, -0.2) is 8.78 Å². The highest BCUT2D eigenvalue weighted by Gasteiger charge is 2.48. The van der Waals surface area contributed by atoms with Crippen LogP contribution in [0, 0.1) is 17.8 Å². The molecule has 0 radical (unpaired) electrons.